The van der Waals surface area contributed by atoms with Gasteiger partial charge in [-0.1, -0.05) is 18.5 Å². The number of pyridine rings is 1. The SMILES string of the molecule is CC(c1cncc(-c2c(C#N)c3ccc(Cl)cc3n2C)c1)C(C)S(N)(=O)=O. The molecular formula is C19H19ClN4O2S. The number of hydrogen-bond donors (Lipinski definition) is 1. The maximum absolute atomic E-state index is 11.7. The highest BCUT2D eigenvalue weighted by Crippen LogP contribution is 2.35. The van der Waals surface area contributed by atoms with Gasteiger partial charge in [-0.2, -0.15) is 5.26 Å². The van der Waals surface area contributed by atoms with Crippen LogP contribution in [0.1, 0.15) is 30.9 Å². The average molecular weight is 403 g/mol. The lowest BCUT2D eigenvalue weighted by molar-refractivity contribution is 0.571. The predicted molar refractivity (Wildman–Crippen MR) is 107 cm³/mol. The molecule has 8 heteroatoms. The van der Waals surface area contributed by atoms with Crippen molar-refractivity contribution in [3.8, 4) is 17.3 Å². The van der Waals surface area contributed by atoms with Crippen LogP contribution in [-0.4, -0.2) is 23.2 Å². The Bertz CT molecular complexity index is 1180. The molecule has 1 aromatic carbocycles. The lowest BCUT2D eigenvalue weighted by Gasteiger charge is -2.18. The number of sulfonamides is 1. The van der Waals surface area contributed by atoms with Crippen LogP contribution < -0.4 is 5.14 Å². The normalized spacial score (nSPS) is 14.1. The second-order valence-electron chi connectivity index (χ2n) is 6.65. The summed E-state index contributed by atoms with van der Waals surface area (Å²) in [5.41, 5.74) is 3.54. The highest BCUT2D eigenvalue weighted by atomic mass is 35.5. The van der Waals surface area contributed by atoms with Crippen LogP contribution in [0.25, 0.3) is 22.2 Å². The molecule has 0 aliphatic carbocycles. The number of primary sulfonamides is 1. The van der Waals surface area contributed by atoms with Crippen molar-refractivity contribution in [2.24, 2.45) is 12.2 Å². The zero-order valence-corrected chi connectivity index (χ0v) is 16.7. The largest absolute Gasteiger partial charge is 0.342 e. The standard InChI is InChI=1S/C19H19ClN4O2S/c1-11(12(2)27(22,25)26)13-6-14(10-23-9-13)19-17(8-21)16-5-4-15(20)7-18(16)24(19)3/h4-7,9-12H,1-3H3,(H2,22,25,26). The van der Waals surface area contributed by atoms with E-state index in [0.29, 0.717) is 16.3 Å². The maximum atomic E-state index is 11.7. The van der Waals surface area contributed by atoms with Crippen LogP contribution in [0.2, 0.25) is 5.02 Å². The van der Waals surface area contributed by atoms with Gasteiger partial charge in [0.05, 0.1) is 22.0 Å². The Morgan fingerprint density at radius 1 is 1.26 bits per heavy atom. The van der Waals surface area contributed by atoms with Gasteiger partial charge in [0.2, 0.25) is 10.0 Å². The van der Waals surface area contributed by atoms with Gasteiger partial charge in [-0.3, -0.25) is 4.98 Å². The van der Waals surface area contributed by atoms with E-state index in [2.05, 4.69) is 11.1 Å². The molecule has 3 rings (SSSR count). The van der Waals surface area contributed by atoms with Crippen LogP contribution >= 0.6 is 11.6 Å². The first-order chi connectivity index (χ1) is 12.6. The van der Waals surface area contributed by atoms with Crippen LogP contribution in [0.3, 0.4) is 0 Å². The number of nitrogens with two attached hydrogens (primary N) is 1. The van der Waals surface area contributed by atoms with Crippen molar-refractivity contribution in [3.05, 3.63) is 52.8 Å². The highest BCUT2D eigenvalue weighted by Gasteiger charge is 2.25. The Morgan fingerprint density at radius 3 is 2.59 bits per heavy atom. The quantitative estimate of drug-likeness (QED) is 0.720. The molecule has 2 N–H and O–H groups in total. The Balaban J connectivity index is 2.19. The molecule has 0 saturated carbocycles. The molecular weight excluding hydrogens is 384 g/mol. The first kappa shape index (κ1) is 19.4. The van der Waals surface area contributed by atoms with E-state index in [9.17, 15) is 13.7 Å². The van der Waals surface area contributed by atoms with Crippen LogP contribution in [-0.2, 0) is 17.1 Å². The first-order valence-electron chi connectivity index (χ1n) is 8.30. The Kier molecular flexibility index (Phi) is 5.00. The number of halogens is 1. The van der Waals surface area contributed by atoms with Gasteiger partial charge in [-0.15, -0.1) is 0 Å². The molecule has 0 spiro atoms. The van der Waals surface area contributed by atoms with E-state index in [1.54, 1.807) is 32.3 Å². The molecule has 6 nitrogen and oxygen atoms in total. The molecule has 140 valence electrons. The molecule has 0 radical (unpaired) electrons. The van der Waals surface area contributed by atoms with Crippen LogP contribution in [0.15, 0.2) is 36.7 Å². The summed E-state index contributed by atoms with van der Waals surface area (Å²) in [4.78, 5) is 4.27. The molecule has 0 bridgehead atoms. The summed E-state index contributed by atoms with van der Waals surface area (Å²) >= 11 is 6.11. The minimum Gasteiger partial charge on any atom is -0.342 e. The van der Waals surface area contributed by atoms with E-state index < -0.39 is 15.3 Å². The highest BCUT2D eigenvalue weighted by molar-refractivity contribution is 7.89. The molecule has 0 fully saturated rings. The van der Waals surface area contributed by atoms with Gasteiger partial charge in [-0.05, 0) is 36.8 Å². The fourth-order valence-electron chi connectivity index (χ4n) is 3.25. The van der Waals surface area contributed by atoms with Crippen molar-refractivity contribution in [3.63, 3.8) is 0 Å². The van der Waals surface area contributed by atoms with Gasteiger partial charge in [0.1, 0.15) is 6.07 Å². The minimum atomic E-state index is -3.67. The van der Waals surface area contributed by atoms with Gasteiger partial charge in [0.25, 0.3) is 0 Å². The third kappa shape index (κ3) is 3.44. The first-order valence-corrected chi connectivity index (χ1v) is 10.3. The zero-order chi connectivity index (χ0) is 19.9. The van der Waals surface area contributed by atoms with Gasteiger partial charge in [0.15, 0.2) is 0 Å². The molecule has 2 aromatic heterocycles. The van der Waals surface area contributed by atoms with Crippen LogP contribution in [0.4, 0.5) is 0 Å². The number of fused-ring (bicyclic) bond motifs is 1. The van der Waals surface area contributed by atoms with E-state index in [1.165, 1.54) is 0 Å². The fourth-order valence-corrected chi connectivity index (χ4v) is 4.14. The summed E-state index contributed by atoms with van der Waals surface area (Å²) in [6, 6.07) is 9.50. The van der Waals surface area contributed by atoms with Gasteiger partial charge < -0.3 is 4.57 Å². The molecule has 3 aromatic rings. The average Bonchev–Trinajstić information content (AvgIpc) is 2.91. The summed E-state index contributed by atoms with van der Waals surface area (Å²) in [7, 11) is -1.81. The number of nitrogens with zero attached hydrogens (tertiary/aromatic N) is 3. The third-order valence-corrected chi connectivity index (χ3v) is 6.74. The smallest absolute Gasteiger partial charge is 0.212 e. The molecule has 0 aliphatic rings. The topological polar surface area (TPSA) is 102 Å². The van der Waals surface area contributed by atoms with Gasteiger partial charge in [0, 0.05) is 41.3 Å². The molecule has 2 atom stereocenters. The molecule has 0 aliphatic heterocycles. The second-order valence-corrected chi connectivity index (χ2v) is 9.00. The van der Waals surface area contributed by atoms with Crippen molar-refractivity contribution in [1.29, 1.82) is 5.26 Å². The summed E-state index contributed by atoms with van der Waals surface area (Å²) in [5, 5.41) is 15.6. The number of hydrogen-bond acceptors (Lipinski definition) is 4. The fraction of sp³-hybridized carbons (Fsp3) is 0.263. The second kappa shape index (κ2) is 6.97. The number of aryl methyl sites for hydroxylation is 1. The van der Waals surface area contributed by atoms with E-state index in [0.717, 1.165) is 22.0 Å². The zero-order valence-electron chi connectivity index (χ0n) is 15.1. The summed E-state index contributed by atoms with van der Waals surface area (Å²) < 4.78 is 25.3. The van der Waals surface area contributed by atoms with Crippen molar-refractivity contribution >= 4 is 32.5 Å². The summed E-state index contributed by atoms with van der Waals surface area (Å²) in [6.45, 7) is 3.37. The van der Waals surface area contributed by atoms with E-state index in [-0.39, 0.29) is 5.92 Å². The molecule has 0 saturated heterocycles. The van der Waals surface area contributed by atoms with Crippen molar-refractivity contribution in [1.82, 2.24) is 9.55 Å². The van der Waals surface area contributed by atoms with Crippen molar-refractivity contribution < 1.29 is 8.42 Å². The Labute approximate surface area is 163 Å². The predicted octanol–water partition coefficient (Wildman–Crippen LogP) is 3.55. The van der Waals surface area contributed by atoms with E-state index >= 15 is 0 Å². The summed E-state index contributed by atoms with van der Waals surface area (Å²) in [6.07, 6.45) is 3.29. The van der Waals surface area contributed by atoms with E-state index in [4.69, 9.17) is 16.7 Å². The molecule has 0 amide bonds. The lowest BCUT2D eigenvalue weighted by Crippen LogP contribution is -2.30. The van der Waals surface area contributed by atoms with Crippen molar-refractivity contribution in [2.45, 2.75) is 25.0 Å². The Hall–Kier alpha value is -2.40. The van der Waals surface area contributed by atoms with Gasteiger partial charge in [-0.25, -0.2) is 13.6 Å². The van der Waals surface area contributed by atoms with E-state index in [1.807, 2.05) is 29.8 Å². The number of benzene rings is 1. The molecule has 2 unspecified atom stereocenters. The summed E-state index contributed by atoms with van der Waals surface area (Å²) in [5.74, 6) is -0.345. The van der Waals surface area contributed by atoms with Crippen LogP contribution in [0, 0.1) is 11.3 Å². The monoisotopic (exact) mass is 402 g/mol. The van der Waals surface area contributed by atoms with Gasteiger partial charge >= 0.3 is 0 Å². The Morgan fingerprint density at radius 2 is 1.96 bits per heavy atom. The lowest BCUT2D eigenvalue weighted by atomic mass is 9.97. The molecule has 2 heterocycles. The van der Waals surface area contributed by atoms with Crippen molar-refractivity contribution in [2.75, 3.05) is 0 Å². The third-order valence-electron chi connectivity index (χ3n) is 5.06. The number of aromatic nitrogens is 2. The minimum absolute atomic E-state index is 0.345. The van der Waals surface area contributed by atoms with Crippen LogP contribution in [0.5, 0.6) is 0 Å². The number of nitriles is 1. The maximum Gasteiger partial charge on any atom is 0.212 e. The number of rotatable bonds is 4. The molecule has 27 heavy (non-hydrogen) atoms.